The number of rotatable bonds is 1. The molecule has 3 nitrogen and oxygen atoms in total. The molecule has 0 aromatic carbocycles. The van der Waals surface area contributed by atoms with E-state index in [1.807, 2.05) is 4.31 Å². The first-order valence-electron chi connectivity index (χ1n) is 2.63. The highest BCUT2D eigenvalue weighted by molar-refractivity contribution is 14.2. The monoisotopic (exact) mass is 258 g/mol. The van der Waals surface area contributed by atoms with Crippen LogP contribution in [0.3, 0.4) is 0 Å². The number of halogens is 1. The molecule has 0 spiro atoms. The summed E-state index contributed by atoms with van der Waals surface area (Å²) in [7, 11) is 1.59. The van der Waals surface area contributed by atoms with E-state index in [2.05, 4.69) is 26.5 Å². The van der Waals surface area contributed by atoms with Crippen molar-refractivity contribution in [2.75, 3.05) is 19.6 Å². The minimum absolute atomic E-state index is 0.130. The van der Waals surface area contributed by atoms with E-state index < -0.39 is 0 Å². The first-order chi connectivity index (χ1) is 4.33. The number of piperazine rings is 1. The quantitative estimate of drug-likeness (QED) is 0.546. The Morgan fingerprint density at radius 2 is 2.56 bits per heavy atom. The van der Waals surface area contributed by atoms with Gasteiger partial charge in [-0.05, 0) is 9.12 Å². The number of hydrogen-bond donors (Lipinski definition) is 1. The van der Waals surface area contributed by atoms with Crippen LogP contribution in [0.1, 0.15) is 0 Å². The highest BCUT2D eigenvalue weighted by Crippen LogP contribution is 2.17. The van der Waals surface area contributed by atoms with Gasteiger partial charge in [0.1, 0.15) is 0 Å². The molecule has 1 amide bonds. The topological polar surface area (TPSA) is 32.3 Å². The second-order valence-electron chi connectivity index (χ2n) is 1.78. The van der Waals surface area contributed by atoms with E-state index in [9.17, 15) is 4.79 Å². The van der Waals surface area contributed by atoms with E-state index in [4.69, 9.17) is 0 Å². The molecule has 5 heteroatoms. The molecule has 1 saturated heterocycles. The van der Waals surface area contributed by atoms with Crippen molar-refractivity contribution in [3.8, 4) is 0 Å². The average molecular weight is 258 g/mol. The molecule has 1 fully saturated rings. The van der Waals surface area contributed by atoms with Crippen molar-refractivity contribution in [1.29, 1.82) is 0 Å². The molecule has 0 atom stereocenters. The first-order valence-corrected chi connectivity index (χ1v) is 5.95. The normalized spacial score (nSPS) is 21.7. The van der Waals surface area contributed by atoms with Crippen molar-refractivity contribution >= 4 is 36.2 Å². The fourth-order valence-electron chi connectivity index (χ4n) is 0.674. The zero-order valence-corrected chi connectivity index (χ0v) is 7.74. The van der Waals surface area contributed by atoms with Crippen LogP contribution in [0.2, 0.25) is 0 Å². The molecule has 0 aromatic rings. The second-order valence-corrected chi connectivity index (χ2v) is 3.62. The summed E-state index contributed by atoms with van der Waals surface area (Å²) in [6, 6.07) is 0. The first kappa shape index (κ1) is 7.62. The fourth-order valence-corrected chi connectivity index (χ4v) is 2.01. The largest absolute Gasteiger partial charge is 0.354 e. The van der Waals surface area contributed by atoms with Crippen molar-refractivity contribution in [3.63, 3.8) is 0 Å². The van der Waals surface area contributed by atoms with Crippen molar-refractivity contribution in [1.82, 2.24) is 9.62 Å². The van der Waals surface area contributed by atoms with Crippen molar-refractivity contribution in [2.45, 2.75) is 0 Å². The summed E-state index contributed by atoms with van der Waals surface area (Å²) < 4.78 is 2.03. The van der Waals surface area contributed by atoms with Gasteiger partial charge >= 0.3 is 0 Å². The summed E-state index contributed by atoms with van der Waals surface area (Å²) >= 11 is 2.18. The van der Waals surface area contributed by atoms with E-state index >= 15 is 0 Å². The van der Waals surface area contributed by atoms with Crippen LogP contribution < -0.4 is 5.32 Å². The van der Waals surface area contributed by atoms with E-state index in [1.165, 1.54) is 0 Å². The summed E-state index contributed by atoms with van der Waals surface area (Å²) in [6.07, 6.45) is 0. The standard InChI is InChI=1S/C4H7IN2OS/c5-9-7-2-1-6-4(8)3-7/h1-3H2,(H,6,8). The minimum Gasteiger partial charge on any atom is -0.354 e. The van der Waals surface area contributed by atoms with Gasteiger partial charge in [0, 0.05) is 34.3 Å². The number of carbonyl (C=O) groups is 1. The van der Waals surface area contributed by atoms with Crippen molar-refractivity contribution in [3.05, 3.63) is 0 Å². The van der Waals surface area contributed by atoms with Gasteiger partial charge in [0.15, 0.2) is 0 Å². The Morgan fingerprint density at radius 3 is 3.00 bits per heavy atom. The third-order valence-electron chi connectivity index (χ3n) is 1.10. The maximum Gasteiger partial charge on any atom is 0.235 e. The van der Waals surface area contributed by atoms with E-state index in [0.29, 0.717) is 6.54 Å². The van der Waals surface area contributed by atoms with Gasteiger partial charge in [-0.15, -0.1) is 0 Å². The van der Waals surface area contributed by atoms with Gasteiger partial charge in [-0.2, -0.15) is 0 Å². The second kappa shape index (κ2) is 3.62. The van der Waals surface area contributed by atoms with Gasteiger partial charge in [0.25, 0.3) is 0 Å². The zero-order chi connectivity index (χ0) is 6.69. The predicted octanol–water partition coefficient (Wildman–Crippen LogP) is 0.416. The Kier molecular flexibility index (Phi) is 3.07. The Morgan fingerprint density at radius 1 is 1.78 bits per heavy atom. The van der Waals surface area contributed by atoms with Gasteiger partial charge in [0.2, 0.25) is 5.91 Å². The van der Waals surface area contributed by atoms with Crippen LogP contribution in [0, 0.1) is 0 Å². The lowest BCUT2D eigenvalue weighted by atomic mass is 10.4. The molecule has 1 N–H and O–H groups in total. The Balaban J connectivity index is 2.32. The molecule has 0 unspecified atom stereocenters. The Bertz CT molecular complexity index is 121. The molecule has 0 radical (unpaired) electrons. The van der Waals surface area contributed by atoms with Crippen LogP contribution in [-0.2, 0) is 4.79 Å². The molecule has 1 heterocycles. The molecule has 1 aliphatic rings. The van der Waals surface area contributed by atoms with Gasteiger partial charge in [0.05, 0.1) is 6.54 Å². The Hall–Kier alpha value is 0.510. The lowest BCUT2D eigenvalue weighted by Crippen LogP contribution is -2.43. The molecule has 9 heavy (non-hydrogen) atoms. The summed E-state index contributed by atoms with van der Waals surface area (Å²) in [6.45, 7) is 2.28. The van der Waals surface area contributed by atoms with Crippen LogP contribution in [0.5, 0.6) is 0 Å². The number of carbonyl (C=O) groups excluding carboxylic acids is 1. The number of amides is 1. The van der Waals surface area contributed by atoms with Crippen LogP contribution in [0.4, 0.5) is 0 Å². The lowest BCUT2D eigenvalue weighted by molar-refractivity contribution is -0.122. The van der Waals surface area contributed by atoms with E-state index in [-0.39, 0.29) is 5.91 Å². The highest BCUT2D eigenvalue weighted by atomic mass is 127. The van der Waals surface area contributed by atoms with Gasteiger partial charge in [-0.1, -0.05) is 0 Å². The molecule has 52 valence electrons. The highest BCUT2D eigenvalue weighted by Gasteiger charge is 2.14. The number of nitrogens with zero attached hydrogens (tertiary/aromatic N) is 1. The summed E-state index contributed by atoms with van der Waals surface area (Å²) in [4.78, 5) is 10.7. The summed E-state index contributed by atoms with van der Waals surface area (Å²) in [5.41, 5.74) is 0. The number of hydrogen-bond acceptors (Lipinski definition) is 3. The van der Waals surface area contributed by atoms with Gasteiger partial charge < -0.3 is 5.32 Å². The molecule has 0 aromatic heterocycles. The van der Waals surface area contributed by atoms with Crippen LogP contribution in [0.25, 0.3) is 0 Å². The molecule has 0 aliphatic carbocycles. The minimum atomic E-state index is 0.130. The third kappa shape index (κ3) is 2.30. The van der Waals surface area contributed by atoms with Crippen molar-refractivity contribution in [2.24, 2.45) is 0 Å². The van der Waals surface area contributed by atoms with Crippen LogP contribution >= 0.6 is 30.3 Å². The third-order valence-corrected chi connectivity index (χ3v) is 3.28. The summed E-state index contributed by atoms with van der Waals surface area (Å²) in [5, 5.41) is 2.75. The van der Waals surface area contributed by atoms with E-state index in [1.54, 1.807) is 9.12 Å². The number of nitrogens with one attached hydrogen (secondary N) is 1. The van der Waals surface area contributed by atoms with Crippen LogP contribution in [0.15, 0.2) is 0 Å². The molecule has 1 aliphatic heterocycles. The van der Waals surface area contributed by atoms with Gasteiger partial charge in [-0.3, -0.25) is 4.79 Å². The maximum atomic E-state index is 10.7. The smallest absolute Gasteiger partial charge is 0.235 e. The molecule has 0 bridgehead atoms. The van der Waals surface area contributed by atoms with Gasteiger partial charge in [-0.25, -0.2) is 4.31 Å². The predicted molar refractivity (Wildman–Crippen MR) is 46.2 cm³/mol. The molecular formula is C4H7IN2OS. The SMILES string of the molecule is O=C1CN(SI)CCN1. The maximum absolute atomic E-state index is 10.7. The molecule has 1 rings (SSSR count). The molecule has 0 saturated carbocycles. The Labute approximate surface area is 70.3 Å². The van der Waals surface area contributed by atoms with Crippen molar-refractivity contribution < 1.29 is 4.79 Å². The van der Waals surface area contributed by atoms with Crippen LogP contribution in [-0.4, -0.2) is 29.8 Å². The fraction of sp³-hybridized carbons (Fsp3) is 0.750. The molecular weight excluding hydrogens is 251 g/mol. The summed E-state index contributed by atoms with van der Waals surface area (Å²) in [5.74, 6) is 0.130. The van der Waals surface area contributed by atoms with E-state index in [0.717, 1.165) is 13.1 Å². The lowest BCUT2D eigenvalue weighted by Gasteiger charge is -2.22. The average Bonchev–Trinajstić information content (AvgIpc) is 1.88. The zero-order valence-electron chi connectivity index (χ0n) is 4.76.